The number of nitrogens with zero attached hydrogens (tertiary/aromatic N) is 4. The van der Waals surface area contributed by atoms with Gasteiger partial charge in [0.15, 0.2) is 5.65 Å². The van der Waals surface area contributed by atoms with Crippen molar-refractivity contribution in [3.05, 3.63) is 73.3 Å². The van der Waals surface area contributed by atoms with Gasteiger partial charge in [-0.1, -0.05) is 67.7 Å². The Hall–Kier alpha value is -3.36. The molecule has 2 rings (SSSR count). The van der Waals surface area contributed by atoms with Crippen molar-refractivity contribution in [1.29, 1.82) is 0 Å². The van der Waals surface area contributed by atoms with Gasteiger partial charge in [0, 0.05) is 32.1 Å². The van der Waals surface area contributed by atoms with Gasteiger partial charge in [0.2, 0.25) is 11.9 Å². The van der Waals surface area contributed by atoms with Gasteiger partial charge in [-0.15, -0.1) is 0 Å². The Morgan fingerprint density at radius 3 is 2.13 bits per heavy atom. The number of nitrogens with one attached hydrogen (secondary N) is 1. The van der Waals surface area contributed by atoms with Crippen molar-refractivity contribution in [2.45, 2.75) is 71.3 Å². The van der Waals surface area contributed by atoms with Crippen LogP contribution in [0.1, 0.15) is 64.7 Å². The van der Waals surface area contributed by atoms with Crippen molar-refractivity contribution in [3.8, 4) is 0 Å². The fraction of sp³-hybridized carbons (Fsp3) is 0.467. The zero-order valence-electron chi connectivity index (χ0n) is 22.6. The Labute approximate surface area is 226 Å². The summed E-state index contributed by atoms with van der Waals surface area (Å²) in [5.74, 6) is -0.0557. The minimum absolute atomic E-state index is 0.0704. The van der Waals surface area contributed by atoms with Gasteiger partial charge >= 0.3 is 0 Å². The molecule has 1 amide bonds. The molecule has 3 N–H and O–H groups in total. The van der Waals surface area contributed by atoms with Crippen LogP contribution in [-0.2, 0) is 11.3 Å². The normalized spacial score (nSPS) is 12.6. The molecule has 2 heterocycles. The Kier molecular flexibility index (Phi) is 16.0. The number of fused-ring (bicyclic) bond motifs is 1. The van der Waals surface area contributed by atoms with E-state index in [2.05, 4.69) is 88.0 Å². The van der Waals surface area contributed by atoms with Crippen molar-refractivity contribution in [1.82, 2.24) is 19.5 Å². The summed E-state index contributed by atoms with van der Waals surface area (Å²) >= 11 is 0. The fourth-order valence-electron chi connectivity index (χ4n) is 3.58. The standard InChI is InChI=1S/C30H43N5O3/c1-2-3-4-5-6-7-8-9-10-11-12-13-14-15-16-17-18-19-28(38)33-30-31-22-27-29(34-30)35(25-32-27)21-20-26(23-36)24-37/h3-4,6-7,9-10,12-13,15-16,22,25-26,36-37H,2,5,8,11,14,17-21,23-24H2,1H3,(H,31,33,34,38). The molecule has 8 nitrogen and oxygen atoms in total. The average molecular weight is 522 g/mol. The molecular formula is C30H43N5O3. The number of allylic oxidation sites excluding steroid dienone is 10. The molecule has 0 saturated heterocycles. The molecule has 0 saturated carbocycles. The Balaban J connectivity index is 1.61. The number of rotatable bonds is 19. The topological polar surface area (TPSA) is 113 Å². The van der Waals surface area contributed by atoms with Crippen LogP contribution in [0, 0.1) is 5.92 Å². The van der Waals surface area contributed by atoms with Crippen LogP contribution in [0.3, 0.4) is 0 Å². The van der Waals surface area contributed by atoms with Crippen LogP contribution in [0.2, 0.25) is 0 Å². The smallest absolute Gasteiger partial charge is 0.231 e. The SMILES string of the molecule is CCC=CCC=CCC=CCC=CCC=CCCCC(=O)Nc1ncc2ncn(CCC(CO)CO)c2n1. The zero-order valence-corrected chi connectivity index (χ0v) is 22.6. The van der Waals surface area contributed by atoms with Gasteiger partial charge < -0.3 is 14.8 Å². The van der Waals surface area contributed by atoms with Crippen LogP contribution in [-0.4, -0.2) is 48.9 Å². The molecule has 0 aliphatic rings. The molecule has 0 atom stereocenters. The van der Waals surface area contributed by atoms with Gasteiger partial charge in [-0.2, -0.15) is 4.98 Å². The molecule has 8 heteroatoms. The van der Waals surface area contributed by atoms with Crippen LogP contribution in [0.5, 0.6) is 0 Å². The van der Waals surface area contributed by atoms with Crippen LogP contribution in [0.4, 0.5) is 5.95 Å². The minimum atomic E-state index is -0.184. The third-order valence-corrected chi connectivity index (χ3v) is 5.84. The van der Waals surface area contributed by atoms with E-state index in [1.54, 1.807) is 12.5 Å². The van der Waals surface area contributed by atoms with E-state index in [1.807, 2.05) is 4.57 Å². The van der Waals surface area contributed by atoms with E-state index >= 15 is 0 Å². The van der Waals surface area contributed by atoms with E-state index in [0.29, 0.717) is 30.6 Å². The van der Waals surface area contributed by atoms with Crippen LogP contribution in [0.25, 0.3) is 11.2 Å². The zero-order chi connectivity index (χ0) is 27.3. The molecule has 0 aliphatic carbocycles. The summed E-state index contributed by atoms with van der Waals surface area (Å²) in [4.78, 5) is 25.2. The van der Waals surface area contributed by atoms with Gasteiger partial charge in [0.05, 0.1) is 12.5 Å². The predicted molar refractivity (Wildman–Crippen MR) is 155 cm³/mol. The first kappa shape index (κ1) is 30.9. The highest BCUT2D eigenvalue weighted by Crippen LogP contribution is 2.14. The Bertz CT molecular complexity index is 1080. The van der Waals surface area contributed by atoms with E-state index in [9.17, 15) is 15.0 Å². The molecule has 0 aromatic carbocycles. The molecule has 0 spiro atoms. The second-order valence-electron chi connectivity index (χ2n) is 9.01. The van der Waals surface area contributed by atoms with Crippen molar-refractivity contribution >= 4 is 23.0 Å². The molecule has 0 fully saturated rings. The van der Waals surface area contributed by atoms with Gasteiger partial charge in [-0.05, 0) is 51.4 Å². The lowest BCUT2D eigenvalue weighted by Gasteiger charge is -2.11. The highest BCUT2D eigenvalue weighted by Gasteiger charge is 2.11. The van der Waals surface area contributed by atoms with E-state index in [-0.39, 0.29) is 31.0 Å². The number of hydrogen-bond acceptors (Lipinski definition) is 6. The van der Waals surface area contributed by atoms with Gasteiger partial charge in [-0.3, -0.25) is 10.1 Å². The third kappa shape index (κ3) is 12.7. The number of anilines is 1. The highest BCUT2D eigenvalue weighted by atomic mass is 16.3. The summed E-state index contributed by atoms with van der Waals surface area (Å²) < 4.78 is 1.84. The largest absolute Gasteiger partial charge is 0.396 e. The van der Waals surface area contributed by atoms with E-state index < -0.39 is 0 Å². The number of amides is 1. The summed E-state index contributed by atoms with van der Waals surface area (Å²) in [6.45, 7) is 2.56. The van der Waals surface area contributed by atoms with Crippen LogP contribution < -0.4 is 5.32 Å². The van der Waals surface area contributed by atoms with Crippen molar-refractivity contribution < 1.29 is 15.0 Å². The second kappa shape index (κ2) is 19.7. The molecule has 0 bridgehead atoms. The number of unbranched alkanes of at least 4 members (excludes halogenated alkanes) is 1. The highest BCUT2D eigenvalue weighted by molar-refractivity contribution is 5.89. The number of aliphatic hydroxyl groups excluding tert-OH is 2. The van der Waals surface area contributed by atoms with Gasteiger partial charge in [-0.25, -0.2) is 9.97 Å². The molecule has 0 aliphatic heterocycles. The molecular weight excluding hydrogens is 478 g/mol. The summed E-state index contributed by atoms with van der Waals surface area (Å²) in [5.41, 5.74) is 1.25. The lowest BCUT2D eigenvalue weighted by atomic mass is 10.1. The number of hydrogen-bond donors (Lipinski definition) is 3. The summed E-state index contributed by atoms with van der Waals surface area (Å²) in [6, 6.07) is 0. The average Bonchev–Trinajstić information content (AvgIpc) is 3.33. The molecule has 2 aromatic heterocycles. The number of aliphatic hydroxyl groups is 2. The Morgan fingerprint density at radius 1 is 0.921 bits per heavy atom. The molecule has 206 valence electrons. The number of aryl methyl sites for hydroxylation is 1. The molecule has 0 radical (unpaired) electrons. The van der Waals surface area contributed by atoms with E-state index in [0.717, 1.165) is 44.9 Å². The lowest BCUT2D eigenvalue weighted by Crippen LogP contribution is -2.15. The molecule has 2 aromatic rings. The number of aromatic nitrogens is 4. The van der Waals surface area contributed by atoms with E-state index in [1.165, 1.54) is 0 Å². The fourth-order valence-corrected chi connectivity index (χ4v) is 3.58. The van der Waals surface area contributed by atoms with Gasteiger partial charge in [0.1, 0.15) is 5.52 Å². The number of carbonyl (C=O) groups excluding carboxylic acids is 1. The predicted octanol–water partition coefficient (Wildman–Crippen LogP) is 5.68. The summed E-state index contributed by atoms with van der Waals surface area (Å²) in [5, 5.41) is 21.3. The molecule has 0 unspecified atom stereocenters. The monoisotopic (exact) mass is 521 g/mol. The summed E-state index contributed by atoms with van der Waals surface area (Å²) in [7, 11) is 0. The summed E-state index contributed by atoms with van der Waals surface area (Å²) in [6.07, 6.45) is 32.4. The van der Waals surface area contributed by atoms with Crippen molar-refractivity contribution in [2.24, 2.45) is 5.92 Å². The molecule has 38 heavy (non-hydrogen) atoms. The lowest BCUT2D eigenvalue weighted by molar-refractivity contribution is -0.116. The first-order valence-corrected chi connectivity index (χ1v) is 13.6. The van der Waals surface area contributed by atoms with Crippen molar-refractivity contribution in [2.75, 3.05) is 18.5 Å². The number of carbonyl (C=O) groups is 1. The Morgan fingerprint density at radius 2 is 1.53 bits per heavy atom. The van der Waals surface area contributed by atoms with Crippen molar-refractivity contribution in [3.63, 3.8) is 0 Å². The minimum Gasteiger partial charge on any atom is -0.396 e. The third-order valence-electron chi connectivity index (χ3n) is 5.84. The first-order valence-electron chi connectivity index (χ1n) is 13.6. The maximum atomic E-state index is 12.3. The maximum Gasteiger partial charge on any atom is 0.231 e. The second-order valence-corrected chi connectivity index (χ2v) is 9.01. The van der Waals surface area contributed by atoms with Crippen LogP contribution in [0.15, 0.2) is 73.3 Å². The number of imidazole rings is 1. The quantitative estimate of drug-likeness (QED) is 0.162. The first-order chi connectivity index (χ1) is 18.7. The van der Waals surface area contributed by atoms with Crippen LogP contribution >= 0.6 is 0 Å². The maximum absolute atomic E-state index is 12.3. The van der Waals surface area contributed by atoms with Gasteiger partial charge in [0.25, 0.3) is 0 Å². The van der Waals surface area contributed by atoms with E-state index in [4.69, 9.17) is 0 Å².